The van der Waals surface area contributed by atoms with Crippen LogP contribution >= 0.6 is 0 Å². The minimum Gasteiger partial charge on any atom is -0.286 e. The highest BCUT2D eigenvalue weighted by Gasteiger charge is 2.13. The minimum atomic E-state index is -0.356. The first-order chi connectivity index (χ1) is 16.4. The van der Waals surface area contributed by atoms with Crippen LogP contribution in [0.3, 0.4) is 0 Å². The number of aryl methyl sites for hydroxylation is 1. The number of amides is 1. The SMILES string of the molecule is C=C/C=C(\C=C)c1cc(CCC(=O)N(C)O)nn1/C(C)=C/C=C.C=CC.CC.CC.CC.CC. The van der Waals surface area contributed by atoms with Gasteiger partial charge in [-0.05, 0) is 31.6 Å². The van der Waals surface area contributed by atoms with E-state index in [2.05, 4.69) is 31.4 Å². The molecule has 1 aromatic heterocycles. The molecule has 1 rings (SSSR count). The average molecular weight is 476 g/mol. The van der Waals surface area contributed by atoms with Crippen molar-refractivity contribution in [3.63, 3.8) is 0 Å². The summed E-state index contributed by atoms with van der Waals surface area (Å²) >= 11 is 0. The molecule has 0 aliphatic heterocycles. The zero-order chi connectivity index (χ0) is 28.1. The van der Waals surface area contributed by atoms with Gasteiger partial charge in [-0.15, -0.1) is 6.58 Å². The first-order valence-corrected chi connectivity index (χ1v) is 12.2. The zero-order valence-electron chi connectivity index (χ0n) is 24.0. The van der Waals surface area contributed by atoms with E-state index >= 15 is 0 Å². The quantitative estimate of drug-likeness (QED) is 0.177. The molecular formula is C29H53N3O2. The van der Waals surface area contributed by atoms with Crippen LogP contribution in [0, 0.1) is 0 Å². The van der Waals surface area contributed by atoms with E-state index in [1.807, 2.05) is 87.5 Å². The number of aromatic nitrogens is 2. The lowest BCUT2D eigenvalue weighted by Crippen LogP contribution is -2.22. The molecular weight excluding hydrogens is 422 g/mol. The van der Waals surface area contributed by atoms with Crippen LogP contribution < -0.4 is 0 Å². The van der Waals surface area contributed by atoms with Gasteiger partial charge >= 0.3 is 0 Å². The third-order valence-electron chi connectivity index (χ3n) is 3.22. The maximum absolute atomic E-state index is 11.5. The molecule has 1 amide bonds. The Bertz CT molecular complexity index is 709. The Morgan fingerprint density at radius 2 is 1.44 bits per heavy atom. The van der Waals surface area contributed by atoms with Crippen molar-refractivity contribution in [1.82, 2.24) is 14.8 Å². The standard InChI is InChI=1S/C18H23N3O2.C3H6.4C2H6/c1-6-9-14(4)21-17(15(8-3)10-7-2)13-16(19-21)11-12-18(22)20(5)23;1-3-2;4*1-2/h6-10,13,23H,1-3,11-12H2,4-5H3;3H,1H2,2H3;4*1-2H3/b14-9+,15-10+;;;;;. The van der Waals surface area contributed by atoms with E-state index in [0.717, 1.165) is 22.7 Å². The van der Waals surface area contributed by atoms with Gasteiger partial charge in [0, 0.05) is 25.6 Å². The van der Waals surface area contributed by atoms with Gasteiger partial charge in [0.1, 0.15) is 0 Å². The lowest BCUT2D eigenvalue weighted by atomic mass is 10.1. The Morgan fingerprint density at radius 3 is 1.79 bits per heavy atom. The number of allylic oxidation sites excluding steroid dienone is 8. The molecule has 0 aliphatic rings. The molecule has 0 aromatic carbocycles. The number of carbonyl (C=O) groups excluding carboxylic acids is 1. The fourth-order valence-corrected chi connectivity index (χ4v) is 2.05. The van der Waals surface area contributed by atoms with E-state index < -0.39 is 0 Å². The Kier molecular flexibility index (Phi) is 39.2. The summed E-state index contributed by atoms with van der Waals surface area (Å²) in [5.41, 5.74) is 3.38. The van der Waals surface area contributed by atoms with E-state index in [1.54, 1.807) is 29.0 Å². The van der Waals surface area contributed by atoms with Crippen molar-refractivity contribution in [3.8, 4) is 0 Å². The predicted molar refractivity (Wildman–Crippen MR) is 155 cm³/mol. The maximum atomic E-state index is 11.5. The van der Waals surface area contributed by atoms with Gasteiger partial charge < -0.3 is 0 Å². The Balaban J connectivity index is -0.000000220. The first kappa shape index (κ1) is 41.3. The van der Waals surface area contributed by atoms with Crippen molar-refractivity contribution in [2.24, 2.45) is 0 Å². The molecule has 1 N–H and O–H groups in total. The van der Waals surface area contributed by atoms with Gasteiger partial charge in [-0.1, -0.05) is 106 Å². The fraction of sp³-hybridized carbons (Fsp3) is 0.448. The van der Waals surface area contributed by atoms with Crippen molar-refractivity contribution < 1.29 is 10.0 Å². The van der Waals surface area contributed by atoms with Crippen LogP contribution in [0.2, 0.25) is 0 Å². The second-order valence-electron chi connectivity index (χ2n) is 5.36. The number of carbonyl (C=O) groups is 1. The molecule has 0 fully saturated rings. The van der Waals surface area contributed by atoms with Crippen LogP contribution in [0.5, 0.6) is 0 Å². The average Bonchev–Trinajstić information content (AvgIpc) is 3.30. The van der Waals surface area contributed by atoms with Crippen LogP contribution in [-0.2, 0) is 11.2 Å². The third-order valence-corrected chi connectivity index (χ3v) is 3.22. The van der Waals surface area contributed by atoms with Gasteiger partial charge in [0.15, 0.2) is 0 Å². The summed E-state index contributed by atoms with van der Waals surface area (Å²) in [5, 5.41) is 14.2. The zero-order valence-corrected chi connectivity index (χ0v) is 24.0. The van der Waals surface area contributed by atoms with Crippen molar-refractivity contribution in [2.75, 3.05) is 7.05 Å². The smallest absolute Gasteiger partial charge is 0.246 e. The number of nitrogens with zero attached hydrogens (tertiary/aromatic N) is 3. The predicted octanol–water partition coefficient (Wildman–Crippen LogP) is 8.76. The Morgan fingerprint density at radius 1 is 1.00 bits per heavy atom. The first-order valence-electron chi connectivity index (χ1n) is 12.2. The fourth-order valence-electron chi connectivity index (χ4n) is 2.05. The van der Waals surface area contributed by atoms with Crippen LogP contribution in [0.25, 0.3) is 11.3 Å². The molecule has 34 heavy (non-hydrogen) atoms. The molecule has 0 saturated carbocycles. The van der Waals surface area contributed by atoms with Crippen LogP contribution in [0.4, 0.5) is 0 Å². The van der Waals surface area contributed by atoms with E-state index in [9.17, 15) is 4.79 Å². The molecule has 0 aliphatic carbocycles. The molecule has 5 heteroatoms. The normalized spacial score (nSPS) is 9.18. The summed E-state index contributed by atoms with van der Waals surface area (Å²) in [4.78, 5) is 11.5. The van der Waals surface area contributed by atoms with E-state index in [0.29, 0.717) is 11.5 Å². The van der Waals surface area contributed by atoms with Crippen molar-refractivity contribution in [2.45, 2.75) is 82.1 Å². The molecule has 0 spiro atoms. The number of hydroxylamine groups is 2. The molecule has 5 nitrogen and oxygen atoms in total. The topological polar surface area (TPSA) is 58.4 Å². The van der Waals surface area contributed by atoms with E-state index in [1.165, 1.54) is 7.05 Å². The monoisotopic (exact) mass is 475 g/mol. The van der Waals surface area contributed by atoms with E-state index in [4.69, 9.17) is 5.21 Å². The van der Waals surface area contributed by atoms with Gasteiger partial charge in [-0.25, -0.2) is 9.75 Å². The van der Waals surface area contributed by atoms with Gasteiger partial charge in [0.05, 0.1) is 11.4 Å². The molecule has 0 radical (unpaired) electrons. The minimum absolute atomic E-state index is 0.183. The second kappa shape index (κ2) is 32.3. The summed E-state index contributed by atoms with van der Waals surface area (Å²) in [6, 6.07) is 1.90. The van der Waals surface area contributed by atoms with Crippen molar-refractivity contribution in [3.05, 3.63) is 80.2 Å². The molecule has 0 unspecified atom stereocenters. The highest BCUT2D eigenvalue weighted by molar-refractivity contribution is 5.76. The van der Waals surface area contributed by atoms with Crippen LogP contribution in [0.15, 0.2) is 68.8 Å². The van der Waals surface area contributed by atoms with Gasteiger partial charge in [0.25, 0.3) is 0 Å². The number of hydrogen-bond acceptors (Lipinski definition) is 3. The Hall–Kier alpha value is -2.92. The summed E-state index contributed by atoms with van der Waals surface area (Å²) in [5.74, 6) is -0.356. The van der Waals surface area contributed by atoms with Gasteiger partial charge in [0.2, 0.25) is 5.91 Å². The summed E-state index contributed by atoms with van der Waals surface area (Å²) < 4.78 is 1.78. The highest BCUT2D eigenvalue weighted by atomic mass is 16.5. The molecule has 196 valence electrons. The summed E-state index contributed by atoms with van der Waals surface area (Å²) in [7, 11) is 1.31. The number of rotatable bonds is 8. The molecule has 0 bridgehead atoms. The Labute approximate surface area is 211 Å². The lowest BCUT2D eigenvalue weighted by molar-refractivity contribution is -0.159. The van der Waals surface area contributed by atoms with Crippen molar-refractivity contribution in [1.29, 1.82) is 0 Å². The van der Waals surface area contributed by atoms with Gasteiger partial charge in [-0.2, -0.15) is 5.10 Å². The summed E-state index contributed by atoms with van der Waals surface area (Å²) in [6.45, 7) is 34.4. The molecule has 1 heterocycles. The second-order valence-corrected chi connectivity index (χ2v) is 5.36. The maximum Gasteiger partial charge on any atom is 0.246 e. The summed E-state index contributed by atoms with van der Waals surface area (Å²) in [6.07, 6.45) is 11.2. The molecule has 0 atom stereocenters. The van der Waals surface area contributed by atoms with Crippen LogP contribution in [0.1, 0.15) is 87.0 Å². The number of hydrogen-bond donors (Lipinski definition) is 1. The van der Waals surface area contributed by atoms with Crippen molar-refractivity contribution >= 4 is 17.2 Å². The van der Waals surface area contributed by atoms with Gasteiger partial charge in [-0.3, -0.25) is 10.0 Å². The highest BCUT2D eigenvalue weighted by Crippen LogP contribution is 2.21. The largest absolute Gasteiger partial charge is 0.286 e. The lowest BCUT2D eigenvalue weighted by Gasteiger charge is -2.07. The van der Waals surface area contributed by atoms with Crippen LogP contribution in [-0.4, -0.2) is 33.0 Å². The molecule has 1 aromatic rings. The molecule has 0 saturated heterocycles. The third kappa shape index (κ3) is 19.7. The van der Waals surface area contributed by atoms with E-state index in [-0.39, 0.29) is 12.3 Å².